The molecule has 1 aromatic carbocycles. The molecule has 0 amide bonds. The van der Waals surface area contributed by atoms with Crippen LogP contribution in [0.2, 0.25) is 0 Å². The van der Waals surface area contributed by atoms with Gasteiger partial charge < -0.3 is 15.2 Å². The van der Waals surface area contributed by atoms with E-state index in [1.807, 2.05) is 18.2 Å². The van der Waals surface area contributed by atoms with E-state index in [2.05, 4.69) is 13.8 Å². The van der Waals surface area contributed by atoms with Crippen LogP contribution in [0.15, 0.2) is 18.2 Å². The molecule has 0 heterocycles. The normalized spacial score (nSPS) is 11.9. The average molecular weight is 267 g/mol. The van der Waals surface area contributed by atoms with E-state index in [-0.39, 0.29) is 0 Å². The highest BCUT2D eigenvalue weighted by Gasteiger charge is 2.09. The third kappa shape index (κ3) is 4.18. The van der Waals surface area contributed by atoms with Gasteiger partial charge in [-0.1, -0.05) is 32.5 Å². The Hall–Kier alpha value is -1.29. The highest BCUT2D eigenvalue weighted by Crippen LogP contribution is 2.28. The van der Waals surface area contributed by atoms with Gasteiger partial charge in [0, 0.05) is 5.56 Å². The van der Waals surface area contributed by atoms with Gasteiger partial charge in [-0.2, -0.15) is 0 Å². The van der Waals surface area contributed by atoms with E-state index < -0.39 is 0 Å². The number of benzene rings is 1. The summed E-state index contributed by atoms with van der Waals surface area (Å²) in [7, 11) is 1.61. The van der Waals surface area contributed by atoms with E-state index in [4.69, 9.17) is 27.4 Å². The predicted molar refractivity (Wildman–Crippen MR) is 78.4 cm³/mol. The molecule has 1 atom stereocenters. The minimum Gasteiger partial charge on any atom is -0.493 e. The maximum Gasteiger partial charge on any atom is 0.161 e. The molecule has 3 nitrogen and oxygen atoms in total. The maximum absolute atomic E-state index is 5.77. The van der Waals surface area contributed by atoms with Crippen molar-refractivity contribution in [2.75, 3.05) is 13.7 Å². The van der Waals surface area contributed by atoms with Crippen molar-refractivity contribution in [2.24, 2.45) is 11.7 Å². The summed E-state index contributed by atoms with van der Waals surface area (Å²) in [6, 6.07) is 5.51. The molecule has 0 saturated heterocycles. The van der Waals surface area contributed by atoms with Crippen LogP contribution < -0.4 is 15.2 Å². The Morgan fingerprint density at radius 1 is 1.39 bits per heavy atom. The van der Waals surface area contributed by atoms with Gasteiger partial charge in [0.25, 0.3) is 0 Å². The van der Waals surface area contributed by atoms with Crippen LogP contribution in [0.25, 0.3) is 0 Å². The Bertz CT molecular complexity index is 407. The van der Waals surface area contributed by atoms with Gasteiger partial charge in [0.1, 0.15) is 4.99 Å². The second-order valence-corrected chi connectivity index (χ2v) is 4.87. The molecule has 0 radical (unpaired) electrons. The van der Waals surface area contributed by atoms with E-state index in [9.17, 15) is 0 Å². The molecule has 100 valence electrons. The number of methoxy groups -OCH3 is 1. The van der Waals surface area contributed by atoms with E-state index >= 15 is 0 Å². The lowest BCUT2D eigenvalue weighted by atomic mass is 10.1. The van der Waals surface area contributed by atoms with Gasteiger partial charge in [0.05, 0.1) is 13.7 Å². The number of nitrogens with two attached hydrogens (primary N) is 1. The van der Waals surface area contributed by atoms with Crippen LogP contribution in [0.4, 0.5) is 0 Å². The van der Waals surface area contributed by atoms with Gasteiger partial charge in [0.2, 0.25) is 0 Å². The van der Waals surface area contributed by atoms with Gasteiger partial charge in [-0.05, 0) is 30.5 Å². The second-order valence-electron chi connectivity index (χ2n) is 4.43. The molecule has 18 heavy (non-hydrogen) atoms. The lowest BCUT2D eigenvalue weighted by Gasteiger charge is -2.15. The first-order valence-electron chi connectivity index (χ1n) is 6.19. The highest BCUT2D eigenvalue weighted by atomic mass is 32.1. The zero-order valence-electron chi connectivity index (χ0n) is 11.2. The van der Waals surface area contributed by atoms with Crippen LogP contribution in [0.5, 0.6) is 11.5 Å². The van der Waals surface area contributed by atoms with E-state index in [1.54, 1.807) is 7.11 Å². The molecule has 0 spiro atoms. The van der Waals surface area contributed by atoms with Crippen molar-refractivity contribution in [1.82, 2.24) is 0 Å². The summed E-state index contributed by atoms with van der Waals surface area (Å²) >= 11 is 4.93. The van der Waals surface area contributed by atoms with E-state index in [1.165, 1.54) is 6.42 Å². The lowest BCUT2D eigenvalue weighted by Crippen LogP contribution is -2.11. The van der Waals surface area contributed by atoms with Gasteiger partial charge in [0.15, 0.2) is 11.5 Å². The molecule has 4 heteroatoms. The van der Waals surface area contributed by atoms with Gasteiger partial charge in [-0.15, -0.1) is 0 Å². The standard InChI is InChI=1S/C14H21NO2S/c1-4-5-10(2)9-17-12-7-6-11(14(15)18)8-13(12)16-3/h6-8,10H,4-5,9H2,1-3H3,(H2,15,18). The maximum atomic E-state index is 5.77. The zero-order chi connectivity index (χ0) is 13.5. The Morgan fingerprint density at radius 2 is 2.11 bits per heavy atom. The topological polar surface area (TPSA) is 44.5 Å². The van der Waals surface area contributed by atoms with Gasteiger partial charge in [-0.3, -0.25) is 0 Å². The Labute approximate surface area is 114 Å². The minimum atomic E-state index is 0.360. The monoisotopic (exact) mass is 267 g/mol. The highest BCUT2D eigenvalue weighted by molar-refractivity contribution is 7.80. The molecule has 0 saturated carbocycles. The quantitative estimate of drug-likeness (QED) is 0.771. The number of hydrogen-bond donors (Lipinski definition) is 1. The van der Waals surface area contributed by atoms with Crippen molar-refractivity contribution in [2.45, 2.75) is 26.7 Å². The summed E-state index contributed by atoms with van der Waals surface area (Å²) < 4.78 is 11.1. The fourth-order valence-corrected chi connectivity index (χ4v) is 1.88. The average Bonchev–Trinajstić information content (AvgIpc) is 2.36. The SMILES string of the molecule is CCCC(C)COc1ccc(C(N)=S)cc1OC. The third-order valence-corrected chi connectivity index (χ3v) is 2.99. The minimum absolute atomic E-state index is 0.360. The molecule has 0 aliphatic carbocycles. The van der Waals surface area contributed by atoms with Crippen molar-refractivity contribution < 1.29 is 9.47 Å². The third-order valence-electron chi connectivity index (χ3n) is 2.75. The molecule has 0 aliphatic rings. The molecular formula is C14H21NO2S. The van der Waals surface area contributed by atoms with Crippen LogP contribution in [-0.2, 0) is 0 Å². The molecule has 0 bridgehead atoms. The Kier molecular flexibility index (Phi) is 5.92. The van der Waals surface area contributed by atoms with Crippen molar-refractivity contribution in [3.8, 4) is 11.5 Å². The summed E-state index contributed by atoms with van der Waals surface area (Å²) in [6.45, 7) is 5.05. The fourth-order valence-electron chi connectivity index (χ4n) is 1.75. The number of rotatable bonds is 7. The smallest absolute Gasteiger partial charge is 0.161 e. The molecule has 0 aromatic heterocycles. The van der Waals surface area contributed by atoms with Crippen LogP contribution in [-0.4, -0.2) is 18.7 Å². The van der Waals surface area contributed by atoms with Crippen LogP contribution in [0.3, 0.4) is 0 Å². The fraction of sp³-hybridized carbons (Fsp3) is 0.500. The number of thiocarbonyl (C=S) groups is 1. The molecular weight excluding hydrogens is 246 g/mol. The number of hydrogen-bond acceptors (Lipinski definition) is 3. The van der Waals surface area contributed by atoms with Gasteiger partial charge >= 0.3 is 0 Å². The molecule has 1 rings (SSSR count). The largest absolute Gasteiger partial charge is 0.493 e. The van der Waals surface area contributed by atoms with Crippen molar-refractivity contribution in [1.29, 1.82) is 0 Å². The molecule has 0 fully saturated rings. The van der Waals surface area contributed by atoms with Crippen molar-refractivity contribution >= 4 is 17.2 Å². The van der Waals surface area contributed by atoms with Crippen LogP contribution >= 0.6 is 12.2 Å². The first kappa shape index (κ1) is 14.8. The molecule has 2 N–H and O–H groups in total. The Balaban J connectivity index is 2.73. The first-order chi connectivity index (χ1) is 8.58. The van der Waals surface area contributed by atoms with Crippen LogP contribution in [0.1, 0.15) is 32.3 Å². The summed E-state index contributed by atoms with van der Waals surface area (Å²) in [5, 5.41) is 0. The van der Waals surface area contributed by atoms with E-state index in [0.29, 0.717) is 23.3 Å². The van der Waals surface area contributed by atoms with Crippen LogP contribution in [0, 0.1) is 5.92 Å². The summed E-state index contributed by atoms with van der Waals surface area (Å²) in [5.41, 5.74) is 6.37. The molecule has 0 aliphatic heterocycles. The van der Waals surface area contributed by atoms with E-state index in [0.717, 1.165) is 17.7 Å². The molecule has 1 aromatic rings. The van der Waals surface area contributed by atoms with Crippen molar-refractivity contribution in [3.63, 3.8) is 0 Å². The Morgan fingerprint density at radius 3 is 2.67 bits per heavy atom. The first-order valence-corrected chi connectivity index (χ1v) is 6.60. The lowest BCUT2D eigenvalue weighted by molar-refractivity contribution is 0.240. The molecule has 1 unspecified atom stereocenters. The predicted octanol–water partition coefficient (Wildman–Crippen LogP) is 3.14. The number of ether oxygens (including phenoxy) is 2. The second kappa shape index (κ2) is 7.21. The summed E-state index contributed by atoms with van der Waals surface area (Å²) in [4.78, 5) is 0.360. The zero-order valence-corrected chi connectivity index (χ0v) is 12.0. The van der Waals surface area contributed by atoms with Gasteiger partial charge in [-0.25, -0.2) is 0 Å². The summed E-state index contributed by atoms with van der Waals surface area (Å²) in [6.07, 6.45) is 2.33. The van der Waals surface area contributed by atoms with Crippen molar-refractivity contribution in [3.05, 3.63) is 23.8 Å². The summed E-state index contributed by atoms with van der Waals surface area (Å²) in [5.74, 6) is 1.94.